The summed E-state index contributed by atoms with van der Waals surface area (Å²) in [5.41, 5.74) is 1.36. The number of hydrogen-bond acceptors (Lipinski definition) is 5. The third-order valence-electron chi connectivity index (χ3n) is 2.58. The molecule has 1 aromatic heterocycles. The van der Waals surface area contributed by atoms with Crippen LogP contribution in [0.5, 0.6) is 0 Å². The molecule has 1 N–H and O–H groups in total. The van der Waals surface area contributed by atoms with Gasteiger partial charge in [0.05, 0.1) is 23.6 Å². The van der Waals surface area contributed by atoms with Gasteiger partial charge in [-0.2, -0.15) is 5.26 Å². The summed E-state index contributed by atoms with van der Waals surface area (Å²) < 4.78 is 27.0. The summed E-state index contributed by atoms with van der Waals surface area (Å²) in [6, 6.07) is 6.83. The van der Waals surface area contributed by atoms with Crippen LogP contribution in [0.3, 0.4) is 0 Å². The minimum absolute atomic E-state index is 0.0262. The largest absolute Gasteiger partial charge is 0.263 e. The van der Waals surface area contributed by atoms with Crippen molar-refractivity contribution in [1.82, 2.24) is 9.97 Å². The molecule has 0 unspecified atom stereocenters. The summed E-state index contributed by atoms with van der Waals surface area (Å²) in [5, 5.41) is 8.80. The molecule has 0 saturated carbocycles. The fraction of sp³-hybridized carbons (Fsp3) is 0.154. The van der Waals surface area contributed by atoms with Crippen LogP contribution in [-0.4, -0.2) is 18.4 Å². The highest BCUT2D eigenvalue weighted by Crippen LogP contribution is 2.20. The number of hydrogen-bond donors (Lipinski definition) is 1. The highest BCUT2D eigenvalue weighted by atomic mass is 32.2. The number of nitrogens with zero attached hydrogens (tertiary/aromatic N) is 3. The van der Waals surface area contributed by atoms with Gasteiger partial charge in [0, 0.05) is 12.4 Å². The molecule has 102 valence electrons. The first kappa shape index (κ1) is 14.0. The molecule has 0 spiro atoms. The highest BCUT2D eigenvalue weighted by molar-refractivity contribution is 7.92. The van der Waals surface area contributed by atoms with Gasteiger partial charge in [0.15, 0.2) is 5.82 Å². The van der Waals surface area contributed by atoms with E-state index in [-0.39, 0.29) is 17.1 Å². The van der Waals surface area contributed by atoms with Crippen LogP contribution >= 0.6 is 0 Å². The molecule has 0 aliphatic heterocycles. The lowest BCUT2D eigenvalue weighted by atomic mass is 10.1. The molecule has 6 nitrogen and oxygen atoms in total. The molecule has 0 atom stereocenters. The van der Waals surface area contributed by atoms with Crippen LogP contribution in [0, 0.1) is 18.3 Å². The summed E-state index contributed by atoms with van der Waals surface area (Å²) in [4.78, 5) is 7.74. The van der Waals surface area contributed by atoms with Gasteiger partial charge < -0.3 is 0 Å². The second-order valence-corrected chi connectivity index (χ2v) is 5.79. The zero-order valence-electron chi connectivity index (χ0n) is 10.7. The van der Waals surface area contributed by atoms with E-state index >= 15 is 0 Å². The van der Waals surface area contributed by atoms with E-state index in [4.69, 9.17) is 5.26 Å². The van der Waals surface area contributed by atoms with Gasteiger partial charge in [-0.05, 0) is 18.6 Å². The molecule has 0 saturated heterocycles. The maximum absolute atomic E-state index is 12.3. The first-order chi connectivity index (χ1) is 9.53. The van der Waals surface area contributed by atoms with Gasteiger partial charge in [0.2, 0.25) is 0 Å². The Kier molecular flexibility index (Phi) is 3.96. The maximum Gasteiger partial charge on any atom is 0.263 e. The molecular weight excluding hydrogens is 276 g/mol. The van der Waals surface area contributed by atoms with Crippen molar-refractivity contribution in [2.75, 3.05) is 4.72 Å². The van der Waals surface area contributed by atoms with Gasteiger partial charge in [-0.3, -0.25) is 9.71 Å². The number of aromatic nitrogens is 2. The van der Waals surface area contributed by atoms with Crippen LogP contribution in [0.4, 0.5) is 5.82 Å². The van der Waals surface area contributed by atoms with Crippen LogP contribution in [0.2, 0.25) is 0 Å². The summed E-state index contributed by atoms with van der Waals surface area (Å²) in [6.07, 6.45) is 4.18. The van der Waals surface area contributed by atoms with E-state index in [0.29, 0.717) is 5.56 Å². The van der Waals surface area contributed by atoms with Crippen molar-refractivity contribution in [3.05, 3.63) is 47.9 Å². The Bertz CT molecular complexity index is 752. The molecular formula is C13H12N4O2S. The van der Waals surface area contributed by atoms with Crippen molar-refractivity contribution in [2.24, 2.45) is 0 Å². The third-order valence-corrected chi connectivity index (χ3v) is 4.03. The predicted octanol–water partition coefficient (Wildman–Crippen LogP) is 1.65. The smallest absolute Gasteiger partial charge is 0.262 e. The SMILES string of the molecule is Cc1ccc(S(=O)(=O)Nc2cnccn2)c(CC#N)c1. The molecule has 0 aliphatic carbocycles. The standard InChI is InChI=1S/C13H12N4O2S/c1-10-2-3-12(11(8-10)4-5-14)20(18,19)17-13-9-15-6-7-16-13/h2-3,6-9H,4H2,1H3,(H,16,17). The fourth-order valence-electron chi connectivity index (χ4n) is 1.74. The fourth-order valence-corrected chi connectivity index (χ4v) is 2.95. The summed E-state index contributed by atoms with van der Waals surface area (Å²) in [6.45, 7) is 1.84. The monoisotopic (exact) mass is 288 g/mol. The molecule has 0 aliphatic rings. The van der Waals surface area contributed by atoms with Crippen LogP contribution in [0.1, 0.15) is 11.1 Å². The first-order valence-electron chi connectivity index (χ1n) is 5.78. The Morgan fingerprint density at radius 3 is 2.80 bits per heavy atom. The molecule has 0 bridgehead atoms. The molecule has 2 rings (SSSR count). The number of sulfonamides is 1. The summed E-state index contributed by atoms with van der Waals surface area (Å²) in [7, 11) is -3.79. The van der Waals surface area contributed by atoms with E-state index in [0.717, 1.165) is 5.56 Å². The van der Waals surface area contributed by atoms with Gasteiger partial charge in [-0.15, -0.1) is 0 Å². The molecule has 7 heteroatoms. The first-order valence-corrected chi connectivity index (χ1v) is 7.26. The van der Waals surface area contributed by atoms with E-state index in [1.807, 2.05) is 13.0 Å². The lowest BCUT2D eigenvalue weighted by Gasteiger charge is -2.10. The normalized spacial score (nSPS) is 10.8. The third kappa shape index (κ3) is 3.10. The Balaban J connectivity index is 2.42. The van der Waals surface area contributed by atoms with Crippen molar-refractivity contribution in [3.63, 3.8) is 0 Å². The van der Waals surface area contributed by atoms with Gasteiger partial charge in [-0.1, -0.05) is 17.7 Å². The Morgan fingerprint density at radius 2 is 2.15 bits per heavy atom. The average Bonchev–Trinajstić information content (AvgIpc) is 2.39. The lowest BCUT2D eigenvalue weighted by molar-refractivity contribution is 0.600. The zero-order valence-corrected chi connectivity index (χ0v) is 11.6. The van der Waals surface area contributed by atoms with Crippen LogP contribution in [0.15, 0.2) is 41.7 Å². The molecule has 0 radical (unpaired) electrons. The van der Waals surface area contributed by atoms with Crippen molar-refractivity contribution < 1.29 is 8.42 Å². The summed E-state index contributed by atoms with van der Waals surface area (Å²) in [5.74, 6) is 0.135. The van der Waals surface area contributed by atoms with Crippen molar-refractivity contribution in [3.8, 4) is 6.07 Å². The molecule has 1 heterocycles. The number of nitrogens with one attached hydrogen (secondary N) is 1. The van der Waals surface area contributed by atoms with Crippen molar-refractivity contribution in [2.45, 2.75) is 18.2 Å². The number of rotatable bonds is 4. The van der Waals surface area contributed by atoms with E-state index < -0.39 is 10.0 Å². The van der Waals surface area contributed by atoms with Crippen molar-refractivity contribution >= 4 is 15.8 Å². The second kappa shape index (κ2) is 5.67. The van der Waals surface area contributed by atoms with Gasteiger partial charge >= 0.3 is 0 Å². The number of anilines is 1. The van der Waals surface area contributed by atoms with E-state index in [2.05, 4.69) is 14.7 Å². The van der Waals surface area contributed by atoms with E-state index in [1.54, 1.807) is 12.1 Å². The Labute approximate surface area is 117 Å². The number of nitriles is 1. The zero-order chi connectivity index (χ0) is 14.6. The van der Waals surface area contributed by atoms with Crippen LogP contribution in [0.25, 0.3) is 0 Å². The van der Waals surface area contributed by atoms with Crippen molar-refractivity contribution in [1.29, 1.82) is 5.26 Å². The molecule has 2 aromatic rings. The quantitative estimate of drug-likeness (QED) is 0.922. The topological polar surface area (TPSA) is 95.7 Å². The summed E-state index contributed by atoms with van der Waals surface area (Å²) >= 11 is 0. The maximum atomic E-state index is 12.3. The average molecular weight is 288 g/mol. The van der Waals surface area contributed by atoms with Gasteiger partial charge in [0.25, 0.3) is 10.0 Å². The lowest BCUT2D eigenvalue weighted by Crippen LogP contribution is -2.16. The van der Waals surface area contributed by atoms with Crippen LogP contribution < -0.4 is 4.72 Å². The van der Waals surface area contributed by atoms with E-state index in [9.17, 15) is 8.42 Å². The molecule has 20 heavy (non-hydrogen) atoms. The minimum atomic E-state index is -3.79. The van der Waals surface area contributed by atoms with Gasteiger partial charge in [-0.25, -0.2) is 13.4 Å². The van der Waals surface area contributed by atoms with E-state index in [1.165, 1.54) is 24.7 Å². The number of aryl methyl sites for hydroxylation is 1. The highest BCUT2D eigenvalue weighted by Gasteiger charge is 2.19. The molecule has 0 amide bonds. The Morgan fingerprint density at radius 1 is 1.35 bits per heavy atom. The predicted molar refractivity (Wildman–Crippen MR) is 73.3 cm³/mol. The minimum Gasteiger partial charge on any atom is -0.262 e. The molecule has 1 aromatic carbocycles. The molecule has 0 fully saturated rings. The number of benzene rings is 1. The Hall–Kier alpha value is -2.46. The van der Waals surface area contributed by atoms with Crippen LogP contribution in [-0.2, 0) is 16.4 Å². The van der Waals surface area contributed by atoms with Gasteiger partial charge in [0.1, 0.15) is 0 Å². The second-order valence-electron chi connectivity index (χ2n) is 4.14.